The minimum atomic E-state index is 0.0239. The predicted molar refractivity (Wildman–Crippen MR) is 58.8 cm³/mol. The number of likely N-dealkylation sites (N-methyl/N-ethyl adjacent to an activating group) is 2. The molecule has 0 radical (unpaired) electrons. The molecule has 1 amide bonds. The van der Waals surface area contributed by atoms with E-state index < -0.39 is 0 Å². The van der Waals surface area contributed by atoms with Crippen LogP contribution in [-0.4, -0.2) is 47.8 Å². The first-order valence-electron chi connectivity index (χ1n) is 4.96. The minimum Gasteiger partial charge on any atom is -0.340 e. The standard InChI is InChI=1S/C10H18N4O/c1-8-9(7-12-14(8)4)10(15)13(3)6-5-11-2/h7,11H,5-6H2,1-4H3. The van der Waals surface area contributed by atoms with Crippen molar-refractivity contribution in [2.45, 2.75) is 6.92 Å². The van der Waals surface area contributed by atoms with Crippen LogP contribution in [-0.2, 0) is 7.05 Å². The highest BCUT2D eigenvalue weighted by molar-refractivity contribution is 5.94. The summed E-state index contributed by atoms with van der Waals surface area (Å²) in [7, 11) is 5.50. The molecule has 0 atom stereocenters. The second-order valence-corrected chi connectivity index (χ2v) is 3.60. The topological polar surface area (TPSA) is 50.2 Å². The minimum absolute atomic E-state index is 0.0239. The number of hydrogen-bond acceptors (Lipinski definition) is 3. The van der Waals surface area contributed by atoms with Gasteiger partial charge in [-0.1, -0.05) is 0 Å². The number of aromatic nitrogens is 2. The van der Waals surface area contributed by atoms with Gasteiger partial charge in [0.1, 0.15) is 0 Å². The van der Waals surface area contributed by atoms with E-state index in [1.165, 1.54) is 0 Å². The lowest BCUT2D eigenvalue weighted by atomic mass is 10.2. The molecule has 0 spiro atoms. The third kappa shape index (κ3) is 2.56. The summed E-state index contributed by atoms with van der Waals surface area (Å²) in [5.74, 6) is 0.0239. The molecule has 0 aliphatic carbocycles. The van der Waals surface area contributed by atoms with Crippen molar-refractivity contribution < 1.29 is 4.79 Å². The first kappa shape index (κ1) is 11.7. The quantitative estimate of drug-likeness (QED) is 0.762. The Morgan fingerprint density at radius 1 is 1.67 bits per heavy atom. The van der Waals surface area contributed by atoms with Gasteiger partial charge in [-0.25, -0.2) is 0 Å². The van der Waals surface area contributed by atoms with Crippen molar-refractivity contribution in [2.75, 3.05) is 27.2 Å². The van der Waals surface area contributed by atoms with Crippen LogP contribution in [0.25, 0.3) is 0 Å². The van der Waals surface area contributed by atoms with Gasteiger partial charge in [-0.15, -0.1) is 0 Å². The lowest BCUT2D eigenvalue weighted by molar-refractivity contribution is 0.0796. The third-order valence-corrected chi connectivity index (χ3v) is 2.51. The third-order valence-electron chi connectivity index (χ3n) is 2.51. The first-order valence-corrected chi connectivity index (χ1v) is 4.96. The van der Waals surface area contributed by atoms with Gasteiger partial charge in [-0.3, -0.25) is 9.48 Å². The Balaban J connectivity index is 2.72. The van der Waals surface area contributed by atoms with Crippen molar-refractivity contribution in [2.24, 2.45) is 7.05 Å². The zero-order valence-corrected chi connectivity index (χ0v) is 9.74. The molecule has 15 heavy (non-hydrogen) atoms. The SMILES string of the molecule is CNCCN(C)C(=O)c1cnn(C)c1C. The predicted octanol–water partition coefficient (Wildman–Crippen LogP) is 0.0199. The number of rotatable bonds is 4. The molecule has 1 rings (SSSR count). The van der Waals surface area contributed by atoms with Crippen molar-refractivity contribution in [3.8, 4) is 0 Å². The Morgan fingerprint density at radius 2 is 2.33 bits per heavy atom. The molecule has 84 valence electrons. The molecule has 0 fully saturated rings. The molecule has 0 bridgehead atoms. The fourth-order valence-corrected chi connectivity index (χ4v) is 1.30. The lowest BCUT2D eigenvalue weighted by Crippen LogP contribution is -2.33. The van der Waals surface area contributed by atoms with Crippen LogP contribution in [0.2, 0.25) is 0 Å². The summed E-state index contributed by atoms with van der Waals surface area (Å²) in [5.41, 5.74) is 1.58. The van der Waals surface area contributed by atoms with Crippen LogP contribution in [0.3, 0.4) is 0 Å². The molecule has 0 unspecified atom stereocenters. The Kier molecular flexibility index (Phi) is 3.85. The number of amides is 1. The summed E-state index contributed by atoms with van der Waals surface area (Å²) in [5, 5.41) is 7.06. The average Bonchev–Trinajstić information content (AvgIpc) is 2.55. The number of hydrogen-bond donors (Lipinski definition) is 1. The highest BCUT2D eigenvalue weighted by Crippen LogP contribution is 2.08. The molecular formula is C10H18N4O. The number of aryl methyl sites for hydroxylation is 1. The van der Waals surface area contributed by atoms with Crippen LogP contribution in [0.15, 0.2) is 6.20 Å². The molecule has 1 N–H and O–H groups in total. The van der Waals surface area contributed by atoms with E-state index in [0.717, 1.165) is 12.2 Å². The van der Waals surface area contributed by atoms with Crippen molar-refractivity contribution in [3.05, 3.63) is 17.5 Å². The summed E-state index contributed by atoms with van der Waals surface area (Å²) in [6.07, 6.45) is 1.62. The van der Waals surface area contributed by atoms with E-state index in [-0.39, 0.29) is 5.91 Å². The van der Waals surface area contributed by atoms with E-state index in [0.29, 0.717) is 12.1 Å². The normalized spacial score (nSPS) is 10.4. The molecule has 1 aromatic rings. The van der Waals surface area contributed by atoms with E-state index in [1.807, 2.05) is 21.0 Å². The average molecular weight is 210 g/mol. The first-order chi connectivity index (χ1) is 7.07. The Morgan fingerprint density at radius 3 is 2.80 bits per heavy atom. The molecular weight excluding hydrogens is 192 g/mol. The van der Waals surface area contributed by atoms with Crippen LogP contribution in [0.4, 0.5) is 0 Å². The van der Waals surface area contributed by atoms with E-state index in [2.05, 4.69) is 10.4 Å². The summed E-state index contributed by atoms with van der Waals surface area (Å²) >= 11 is 0. The van der Waals surface area contributed by atoms with E-state index >= 15 is 0 Å². The van der Waals surface area contributed by atoms with Gasteiger partial charge in [-0.2, -0.15) is 5.10 Å². The van der Waals surface area contributed by atoms with Crippen molar-refractivity contribution >= 4 is 5.91 Å². The van der Waals surface area contributed by atoms with Crippen molar-refractivity contribution in [1.29, 1.82) is 0 Å². The van der Waals surface area contributed by atoms with Crippen LogP contribution in [0.5, 0.6) is 0 Å². The molecule has 1 heterocycles. The van der Waals surface area contributed by atoms with E-state index in [9.17, 15) is 4.79 Å². The maximum atomic E-state index is 11.9. The van der Waals surface area contributed by atoms with Gasteiger partial charge >= 0.3 is 0 Å². The van der Waals surface area contributed by atoms with Gasteiger partial charge < -0.3 is 10.2 Å². The van der Waals surface area contributed by atoms with Crippen molar-refractivity contribution in [1.82, 2.24) is 20.0 Å². The van der Waals surface area contributed by atoms with Gasteiger partial charge in [-0.05, 0) is 14.0 Å². The highest BCUT2D eigenvalue weighted by atomic mass is 16.2. The molecule has 0 aliphatic rings. The number of nitrogens with one attached hydrogen (secondary N) is 1. The largest absolute Gasteiger partial charge is 0.340 e. The smallest absolute Gasteiger partial charge is 0.257 e. The van der Waals surface area contributed by atoms with Gasteiger partial charge in [0.2, 0.25) is 0 Å². The van der Waals surface area contributed by atoms with Crippen LogP contribution >= 0.6 is 0 Å². The second kappa shape index (κ2) is 4.93. The van der Waals surface area contributed by atoms with Crippen molar-refractivity contribution in [3.63, 3.8) is 0 Å². The van der Waals surface area contributed by atoms with E-state index in [1.54, 1.807) is 22.8 Å². The molecule has 0 aromatic carbocycles. The molecule has 0 aliphatic heterocycles. The summed E-state index contributed by atoms with van der Waals surface area (Å²) in [4.78, 5) is 13.6. The number of carbonyl (C=O) groups excluding carboxylic acids is 1. The zero-order valence-electron chi connectivity index (χ0n) is 9.74. The number of carbonyl (C=O) groups is 1. The maximum Gasteiger partial charge on any atom is 0.257 e. The Labute approximate surface area is 90.1 Å². The Hall–Kier alpha value is -1.36. The molecule has 0 saturated carbocycles. The molecule has 1 aromatic heterocycles. The van der Waals surface area contributed by atoms with Crippen LogP contribution < -0.4 is 5.32 Å². The molecule has 0 saturated heterocycles. The summed E-state index contributed by atoms with van der Waals surface area (Å²) in [6, 6.07) is 0. The fourth-order valence-electron chi connectivity index (χ4n) is 1.30. The lowest BCUT2D eigenvalue weighted by Gasteiger charge is -2.16. The maximum absolute atomic E-state index is 11.9. The van der Waals surface area contributed by atoms with E-state index in [4.69, 9.17) is 0 Å². The van der Waals surface area contributed by atoms with Gasteiger partial charge in [0.15, 0.2) is 0 Å². The molecule has 5 nitrogen and oxygen atoms in total. The van der Waals surface area contributed by atoms with Crippen LogP contribution in [0, 0.1) is 6.92 Å². The highest BCUT2D eigenvalue weighted by Gasteiger charge is 2.16. The van der Waals surface area contributed by atoms with Gasteiger partial charge in [0.05, 0.1) is 11.8 Å². The number of nitrogens with zero attached hydrogens (tertiary/aromatic N) is 3. The second-order valence-electron chi connectivity index (χ2n) is 3.60. The molecule has 5 heteroatoms. The Bertz CT molecular complexity index is 345. The zero-order chi connectivity index (χ0) is 11.4. The fraction of sp³-hybridized carbons (Fsp3) is 0.600. The summed E-state index contributed by atoms with van der Waals surface area (Å²) < 4.78 is 1.71. The van der Waals surface area contributed by atoms with Gasteiger partial charge in [0, 0.05) is 32.9 Å². The van der Waals surface area contributed by atoms with Crippen LogP contribution in [0.1, 0.15) is 16.1 Å². The summed E-state index contributed by atoms with van der Waals surface area (Å²) in [6.45, 7) is 3.39. The monoisotopic (exact) mass is 210 g/mol. The van der Waals surface area contributed by atoms with Gasteiger partial charge in [0.25, 0.3) is 5.91 Å².